The summed E-state index contributed by atoms with van der Waals surface area (Å²) < 4.78 is 0. The zero-order chi connectivity index (χ0) is 10.0. The van der Waals surface area contributed by atoms with Gasteiger partial charge in [-0.1, -0.05) is 0 Å². The van der Waals surface area contributed by atoms with Crippen LogP contribution in [0.5, 0.6) is 5.75 Å². The first-order chi connectivity index (χ1) is 6.07. The largest absolute Gasteiger partial charge is 0.507 e. The topological polar surface area (TPSA) is 58.6 Å². The van der Waals surface area contributed by atoms with Crippen molar-refractivity contribution in [2.45, 2.75) is 13.8 Å². The number of nitrogen functional groups attached to an aromatic ring is 1. The summed E-state index contributed by atoms with van der Waals surface area (Å²) in [6, 6.07) is 1.82. The highest BCUT2D eigenvalue weighted by Crippen LogP contribution is 2.28. The molecule has 0 saturated carbocycles. The summed E-state index contributed by atoms with van der Waals surface area (Å²) in [5, 5.41) is 9.56. The standard InChI is InChI=1S/C10H14N2O/c1-6-4-8(5-12-3)9(11)7(2)10(6)13/h4-5,13H,11H2,1-3H3. The van der Waals surface area contributed by atoms with Crippen LogP contribution in [0, 0.1) is 13.8 Å². The minimum Gasteiger partial charge on any atom is -0.507 e. The molecule has 13 heavy (non-hydrogen) atoms. The number of anilines is 1. The molecular weight excluding hydrogens is 164 g/mol. The van der Waals surface area contributed by atoms with Crippen molar-refractivity contribution in [1.29, 1.82) is 0 Å². The number of aliphatic imine (C=N–C) groups is 1. The molecule has 3 nitrogen and oxygen atoms in total. The van der Waals surface area contributed by atoms with Gasteiger partial charge in [0.2, 0.25) is 0 Å². The maximum atomic E-state index is 9.56. The van der Waals surface area contributed by atoms with E-state index in [0.717, 1.165) is 16.7 Å². The lowest BCUT2D eigenvalue weighted by molar-refractivity contribution is 0.467. The quantitative estimate of drug-likeness (QED) is 0.507. The minimum absolute atomic E-state index is 0.269. The van der Waals surface area contributed by atoms with Crippen molar-refractivity contribution in [3.8, 4) is 5.75 Å². The smallest absolute Gasteiger partial charge is 0.123 e. The molecule has 0 saturated heterocycles. The summed E-state index contributed by atoms with van der Waals surface area (Å²) in [5.74, 6) is 0.269. The van der Waals surface area contributed by atoms with E-state index in [2.05, 4.69) is 4.99 Å². The molecule has 0 unspecified atom stereocenters. The van der Waals surface area contributed by atoms with E-state index in [4.69, 9.17) is 5.73 Å². The second-order valence-corrected chi connectivity index (χ2v) is 3.06. The van der Waals surface area contributed by atoms with Gasteiger partial charge in [-0.05, 0) is 25.5 Å². The van der Waals surface area contributed by atoms with Gasteiger partial charge in [0.25, 0.3) is 0 Å². The number of phenolic OH excluding ortho intramolecular Hbond substituents is 1. The van der Waals surface area contributed by atoms with Gasteiger partial charge in [0, 0.05) is 30.1 Å². The minimum atomic E-state index is 0.269. The number of hydrogen-bond donors (Lipinski definition) is 2. The molecule has 0 aliphatic heterocycles. The molecule has 0 fully saturated rings. The third-order valence-corrected chi connectivity index (χ3v) is 2.08. The van der Waals surface area contributed by atoms with Gasteiger partial charge in [-0.3, -0.25) is 4.99 Å². The first-order valence-electron chi connectivity index (χ1n) is 4.08. The molecule has 1 aromatic carbocycles. The zero-order valence-corrected chi connectivity index (χ0v) is 8.13. The van der Waals surface area contributed by atoms with Gasteiger partial charge >= 0.3 is 0 Å². The Bertz CT molecular complexity index is 356. The van der Waals surface area contributed by atoms with Crippen LogP contribution in [0.1, 0.15) is 16.7 Å². The number of aryl methyl sites for hydroxylation is 1. The van der Waals surface area contributed by atoms with Crippen LogP contribution in [-0.4, -0.2) is 18.4 Å². The Labute approximate surface area is 77.9 Å². The molecule has 0 bridgehead atoms. The summed E-state index contributed by atoms with van der Waals surface area (Å²) in [4.78, 5) is 3.89. The molecule has 0 aromatic heterocycles. The van der Waals surface area contributed by atoms with Crippen molar-refractivity contribution in [3.63, 3.8) is 0 Å². The van der Waals surface area contributed by atoms with E-state index in [1.165, 1.54) is 0 Å². The van der Waals surface area contributed by atoms with Gasteiger partial charge in [-0.2, -0.15) is 0 Å². The van der Waals surface area contributed by atoms with Crippen LogP contribution in [0.3, 0.4) is 0 Å². The monoisotopic (exact) mass is 178 g/mol. The molecule has 0 aliphatic rings. The fraction of sp³-hybridized carbons (Fsp3) is 0.300. The van der Waals surface area contributed by atoms with Crippen molar-refractivity contribution in [1.82, 2.24) is 0 Å². The third kappa shape index (κ3) is 1.64. The van der Waals surface area contributed by atoms with Crippen molar-refractivity contribution >= 4 is 11.9 Å². The molecular formula is C10H14N2O. The van der Waals surface area contributed by atoms with E-state index in [0.29, 0.717) is 5.69 Å². The van der Waals surface area contributed by atoms with Gasteiger partial charge in [0.1, 0.15) is 5.75 Å². The highest BCUT2D eigenvalue weighted by Gasteiger charge is 2.07. The molecule has 0 spiro atoms. The Hall–Kier alpha value is -1.51. The Morgan fingerprint density at radius 3 is 2.62 bits per heavy atom. The van der Waals surface area contributed by atoms with Crippen LogP contribution in [-0.2, 0) is 0 Å². The SMILES string of the molecule is CN=Cc1cc(C)c(O)c(C)c1N. The number of aromatic hydroxyl groups is 1. The van der Waals surface area contributed by atoms with E-state index in [1.807, 2.05) is 13.0 Å². The van der Waals surface area contributed by atoms with Gasteiger partial charge in [0.05, 0.1) is 0 Å². The van der Waals surface area contributed by atoms with Crippen LogP contribution < -0.4 is 5.73 Å². The van der Waals surface area contributed by atoms with E-state index < -0.39 is 0 Å². The molecule has 3 heteroatoms. The van der Waals surface area contributed by atoms with Crippen molar-refractivity contribution in [3.05, 3.63) is 22.8 Å². The van der Waals surface area contributed by atoms with Crippen LogP contribution in [0.25, 0.3) is 0 Å². The molecule has 0 radical (unpaired) electrons. The lowest BCUT2D eigenvalue weighted by atomic mass is 10.0. The highest BCUT2D eigenvalue weighted by molar-refractivity contribution is 5.89. The summed E-state index contributed by atoms with van der Waals surface area (Å²) in [5.41, 5.74) is 8.77. The van der Waals surface area contributed by atoms with Gasteiger partial charge < -0.3 is 10.8 Å². The normalized spacial score (nSPS) is 11.0. The number of phenols is 1. The Morgan fingerprint density at radius 1 is 1.46 bits per heavy atom. The number of nitrogens with zero attached hydrogens (tertiary/aromatic N) is 1. The van der Waals surface area contributed by atoms with E-state index >= 15 is 0 Å². The average molecular weight is 178 g/mol. The molecule has 1 aromatic rings. The molecule has 0 aliphatic carbocycles. The first-order valence-corrected chi connectivity index (χ1v) is 4.08. The predicted octanol–water partition coefficient (Wildman–Crippen LogP) is 1.64. The molecule has 0 atom stereocenters. The second kappa shape index (κ2) is 3.47. The summed E-state index contributed by atoms with van der Waals surface area (Å²) >= 11 is 0. The summed E-state index contributed by atoms with van der Waals surface area (Å²) in [6.45, 7) is 3.64. The second-order valence-electron chi connectivity index (χ2n) is 3.06. The fourth-order valence-corrected chi connectivity index (χ4v) is 1.27. The van der Waals surface area contributed by atoms with Crippen LogP contribution in [0.2, 0.25) is 0 Å². The summed E-state index contributed by atoms with van der Waals surface area (Å²) in [6.07, 6.45) is 1.69. The van der Waals surface area contributed by atoms with E-state index in [9.17, 15) is 5.11 Å². The Kier molecular flexibility index (Phi) is 2.56. The number of rotatable bonds is 1. The van der Waals surface area contributed by atoms with Gasteiger partial charge in [-0.25, -0.2) is 0 Å². The maximum Gasteiger partial charge on any atom is 0.123 e. The van der Waals surface area contributed by atoms with Gasteiger partial charge in [-0.15, -0.1) is 0 Å². The molecule has 0 amide bonds. The summed E-state index contributed by atoms with van der Waals surface area (Å²) in [7, 11) is 1.69. The predicted molar refractivity (Wildman–Crippen MR) is 55.5 cm³/mol. The third-order valence-electron chi connectivity index (χ3n) is 2.08. The van der Waals surface area contributed by atoms with Crippen molar-refractivity contribution < 1.29 is 5.11 Å². The average Bonchev–Trinajstić information content (AvgIpc) is 2.11. The molecule has 3 N–H and O–H groups in total. The lowest BCUT2D eigenvalue weighted by Crippen LogP contribution is -1.98. The molecule has 0 heterocycles. The van der Waals surface area contributed by atoms with Crippen LogP contribution in [0.15, 0.2) is 11.1 Å². The number of hydrogen-bond acceptors (Lipinski definition) is 3. The van der Waals surface area contributed by atoms with Crippen LogP contribution >= 0.6 is 0 Å². The fourth-order valence-electron chi connectivity index (χ4n) is 1.27. The zero-order valence-electron chi connectivity index (χ0n) is 8.13. The van der Waals surface area contributed by atoms with E-state index in [1.54, 1.807) is 20.2 Å². The molecule has 1 rings (SSSR count). The molecule has 70 valence electrons. The van der Waals surface area contributed by atoms with Crippen LogP contribution in [0.4, 0.5) is 5.69 Å². The first kappa shape index (κ1) is 9.58. The van der Waals surface area contributed by atoms with Crippen molar-refractivity contribution in [2.24, 2.45) is 4.99 Å². The maximum absolute atomic E-state index is 9.56. The lowest BCUT2D eigenvalue weighted by Gasteiger charge is -2.09. The Balaban J connectivity index is 3.40. The van der Waals surface area contributed by atoms with Crippen molar-refractivity contribution in [2.75, 3.05) is 12.8 Å². The highest BCUT2D eigenvalue weighted by atomic mass is 16.3. The van der Waals surface area contributed by atoms with Gasteiger partial charge in [0.15, 0.2) is 0 Å². The number of benzene rings is 1. The van der Waals surface area contributed by atoms with E-state index in [-0.39, 0.29) is 5.75 Å². The Morgan fingerprint density at radius 2 is 2.08 bits per heavy atom. The number of nitrogens with two attached hydrogens (primary N) is 1.